The number of nitrogen functional groups attached to an aromatic ring is 1. The number of hydrogen-bond donors (Lipinski definition) is 2. The first kappa shape index (κ1) is 14.1. The van der Waals surface area contributed by atoms with Crippen LogP contribution in [0.3, 0.4) is 0 Å². The molecular formula is C18H23N3. The molecule has 3 N–H and O–H groups in total. The van der Waals surface area contributed by atoms with E-state index in [-0.39, 0.29) is 0 Å². The first-order valence-corrected chi connectivity index (χ1v) is 7.64. The molecule has 0 aliphatic carbocycles. The van der Waals surface area contributed by atoms with Gasteiger partial charge in [-0.1, -0.05) is 48.5 Å². The van der Waals surface area contributed by atoms with Crippen molar-refractivity contribution < 1.29 is 0 Å². The van der Waals surface area contributed by atoms with Gasteiger partial charge in [-0.25, -0.2) is 0 Å². The number of nitrogens with zero attached hydrogens (tertiary/aromatic N) is 1. The van der Waals surface area contributed by atoms with Crippen molar-refractivity contribution in [1.82, 2.24) is 10.2 Å². The molecule has 0 saturated carbocycles. The van der Waals surface area contributed by atoms with Crippen molar-refractivity contribution >= 4 is 5.69 Å². The van der Waals surface area contributed by atoms with E-state index in [1.54, 1.807) is 0 Å². The molecule has 1 atom stereocenters. The second-order valence-electron chi connectivity index (χ2n) is 5.79. The largest absolute Gasteiger partial charge is 0.398 e. The van der Waals surface area contributed by atoms with Crippen LogP contribution in [-0.2, 0) is 13.1 Å². The van der Waals surface area contributed by atoms with Gasteiger partial charge in [-0.15, -0.1) is 0 Å². The Morgan fingerprint density at radius 1 is 1.05 bits per heavy atom. The van der Waals surface area contributed by atoms with Crippen LogP contribution in [0.4, 0.5) is 5.69 Å². The fraction of sp³-hybridized carbons (Fsp3) is 0.333. The lowest BCUT2D eigenvalue weighted by Crippen LogP contribution is -2.32. The lowest BCUT2D eigenvalue weighted by atomic mass is 10.1. The predicted octanol–water partition coefficient (Wildman–Crippen LogP) is 2.63. The Balaban J connectivity index is 1.48. The highest BCUT2D eigenvalue weighted by atomic mass is 15.2. The molecule has 2 aromatic rings. The summed E-state index contributed by atoms with van der Waals surface area (Å²) in [7, 11) is 0. The first-order valence-electron chi connectivity index (χ1n) is 7.64. The maximum atomic E-state index is 5.98. The number of nitrogens with one attached hydrogen (secondary N) is 1. The highest BCUT2D eigenvalue weighted by Crippen LogP contribution is 2.15. The van der Waals surface area contributed by atoms with E-state index in [0.717, 1.165) is 31.9 Å². The molecule has 1 unspecified atom stereocenters. The van der Waals surface area contributed by atoms with Crippen LogP contribution in [0, 0.1) is 0 Å². The maximum Gasteiger partial charge on any atom is 0.0359 e. The molecule has 0 bridgehead atoms. The fourth-order valence-electron chi connectivity index (χ4n) is 2.93. The fourth-order valence-corrected chi connectivity index (χ4v) is 2.93. The van der Waals surface area contributed by atoms with Gasteiger partial charge < -0.3 is 11.1 Å². The monoisotopic (exact) mass is 281 g/mol. The van der Waals surface area contributed by atoms with E-state index in [1.807, 2.05) is 18.2 Å². The summed E-state index contributed by atoms with van der Waals surface area (Å²) in [6.45, 7) is 4.18. The molecule has 0 aromatic heterocycles. The van der Waals surface area contributed by atoms with E-state index in [9.17, 15) is 0 Å². The Morgan fingerprint density at radius 2 is 1.81 bits per heavy atom. The highest BCUT2D eigenvalue weighted by Gasteiger charge is 2.21. The smallest absolute Gasteiger partial charge is 0.0359 e. The molecule has 1 fully saturated rings. The molecule has 1 aliphatic heterocycles. The van der Waals surface area contributed by atoms with Gasteiger partial charge in [-0.3, -0.25) is 4.90 Å². The number of rotatable bonds is 5. The predicted molar refractivity (Wildman–Crippen MR) is 87.8 cm³/mol. The van der Waals surface area contributed by atoms with Crippen molar-refractivity contribution in [2.75, 3.05) is 18.8 Å². The molecule has 3 rings (SSSR count). The molecule has 3 heteroatoms. The minimum atomic E-state index is 0.563. The number of para-hydroxylation sites is 1. The summed E-state index contributed by atoms with van der Waals surface area (Å²) in [6, 6.07) is 19.3. The van der Waals surface area contributed by atoms with Crippen LogP contribution in [0.5, 0.6) is 0 Å². The lowest BCUT2D eigenvalue weighted by molar-refractivity contribution is 0.320. The number of nitrogens with two attached hydrogens (primary N) is 1. The van der Waals surface area contributed by atoms with Crippen molar-refractivity contribution in [3.63, 3.8) is 0 Å². The molecule has 110 valence electrons. The Hall–Kier alpha value is -1.84. The van der Waals surface area contributed by atoms with E-state index in [0.29, 0.717) is 6.04 Å². The normalized spacial score (nSPS) is 19.0. The summed E-state index contributed by atoms with van der Waals surface area (Å²) < 4.78 is 0. The van der Waals surface area contributed by atoms with Gasteiger partial charge in [0, 0.05) is 37.9 Å². The topological polar surface area (TPSA) is 41.3 Å². The van der Waals surface area contributed by atoms with Crippen molar-refractivity contribution in [2.24, 2.45) is 0 Å². The number of likely N-dealkylation sites (tertiary alicyclic amines) is 1. The van der Waals surface area contributed by atoms with E-state index in [2.05, 4.69) is 46.6 Å². The van der Waals surface area contributed by atoms with E-state index in [1.165, 1.54) is 17.5 Å². The Labute approximate surface area is 126 Å². The number of benzene rings is 2. The first-order chi connectivity index (χ1) is 10.3. The Kier molecular flexibility index (Phi) is 4.53. The van der Waals surface area contributed by atoms with Crippen molar-refractivity contribution in [1.29, 1.82) is 0 Å². The summed E-state index contributed by atoms with van der Waals surface area (Å²) >= 11 is 0. The SMILES string of the molecule is Nc1ccccc1CNC1CCN(Cc2ccccc2)C1. The van der Waals surface area contributed by atoms with Gasteiger partial charge in [0.05, 0.1) is 0 Å². The molecule has 1 saturated heterocycles. The number of anilines is 1. The van der Waals surface area contributed by atoms with Crippen LogP contribution in [-0.4, -0.2) is 24.0 Å². The number of hydrogen-bond acceptors (Lipinski definition) is 3. The molecule has 1 aliphatic rings. The third kappa shape index (κ3) is 3.84. The molecule has 21 heavy (non-hydrogen) atoms. The van der Waals surface area contributed by atoms with Gasteiger partial charge in [0.2, 0.25) is 0 Å². The molecule has 0 radical (unpaired) electrons. The Bertz CT molecular complexity index is 568. The van der Waals surface area contributed by atoms with Crippen LogP contribution in [0.25, 0.3) is 0 Å². The molecule has 0 spiro atoms. The summed E-state index contributed by atoms with van der Waals surface area (Å²) in [5.41, 5.74) is 9.45. The molecule has 2 aromatic carbocycles. The summed E-state index contributed by atoms with van der Waals surface area (Å²) in [5.74, 6) is 0. The average Bonchev–Trinajstić information content (AvgIpc) is 2.95. The molecular weight excluding hydrogens is 258 g/mol. The average molecular weight is 281 g/mol. The van der Waals surface area contributed by atoms with Crippen molar-refractivity contribution in [2.45, 2.75) is 25.6 Å². The lowest BCUT2D eigenvalue weighted by Gasteiger charge is -2.17. The molecule has 3 nitrogen and oxygen atoms in total. The minimum Gasteiger partial charge on any atom is -0.398 e. The van der Waals surface area contributed by atoms with Crippen LogP contribution in [0.2, 0.25) is 0 Å². The minimum absolute atomic E-state index is 0.563. The quantitative estimate of drug-likeness (QED) is 0.828. The zero-order valence-corrected chi connectivity index (χ0v) is 12.3. The molecule has 0 amide bonds. The zero-order chi connectivity index (χ0) is 14.5. The summed E-state index contributed by atoms with van der Waals surface area (Å²) in [6.07, 6.45) is 1.21. The van der Waals surface area contributed by atoms with E-state index < -0.39 is 0 Å². The standard InChI is InChI=1S/C18H23N3/c19-18-9-5-4-8-16(18)12-20-17-10-11-21(14-17)13-15-6-2-1-3-7-15/h1-9,17,20H,10-14,19H2. The summed E-state index contributed by atoms with van der Waals surface area (Å²) in [5, 5.41) is 3.63. The third-order valence-electron chi connectivity index (χ3n) is 4.16. The van der Waals surface area contributed by atoms with Crippen molar-refractivity contribution in [3.8, 4) is 0 Å². The van der Waals surface area contributed by atoms with Crippen LogP contribution >= 0.6 is 0 Å². The van der Waals surface area contributed by atoms with Gasteiger partial charge in [0.25, 0.3) is 0 Å². The van der Waals surface area contributed by atoms with Gasteiger partial charge in [-0.2, -0.15) is 0 Å². The van der Waals surface area contributed by atoms with Crippen molar-refractivity contribution in [3.05, 3.63) is 65.7 Å². The highest BCUT2D eigenvalue weighted by molar-refractivity contribution is 5.46. The molecule has 1 heterocycles. The Morgan fingerprint density at radius 3 is 2.62 bits per heavy atom. The summed E-state index contributed by atoms with van der Waals surface area (Å²) in [4.78, 5) is 2.52. The van der Waals surface area contributed by atoms with Gasteiger partial charge in [-0.05, 0) is 23.6 Å². The third-order valence-corrected chi connectivity index (χ3v) is 4.16. The second-order valence-corrected chi connectivity index (χ2v) is 5.79. The van der Waals surface area contributed by atoms with Gasteiger partial charge in [0.1, 0.15) is 0 Å². The van der Waals surface area contributed by atoms with Gasteiger partial charge in [0.15, 0.2) is 0 Å². The van der Waals surface area contributed by atoms with Crippen LogP contribution in [0.15, 0.2) is 54.6 Å². The van der Waals surface area contributed by atoms with Crippen LogP contribution < -0.4 is 11.1 Å². The van der Waals surface area contributed by atoms with Gasteiger partial charge >= 0.3 is 0 Å². The van der Waals surface area contributed by atoms with E-state index in [4.69, 9.17) is 5.73 Å². The van der Waals surface area contributed by atoms with E-state index >= 15 is 0 Å². The second kappa shape index (κ2) is 6.74. The zero-order valence-electron chi connectivity index (χ0n) is 12.3. The maximum absolute atomic E-state index is 5.98. The van der Waals surface area contributed by atoms with Crippen LogP contribution in [0.1, 0.15) is 17.5 Å².